The highest BCUT2D eigenvalue weighted by Gasteiger charge is 2.20. The van der Waals surface area contributed by atoms with Crippen molar-refractivity contribution in [2.75, 3.05) is 14.2 Å². The van der Waals surface area contributed by atoms with Crippen molar-refractivity contribution in [2.45, 2.75) is 12.7 Å². The van der Waals surface area contributed by atoms with Crippen molar-refractivity contribution in [1.82, 2.24) is 0 Å². The van der Waals surface area contributed by atoms with Crippen LogP contribution < -0.4 is 0 Å². The second-order valence-electron chi connectivity index (χ2n) is 3.15. The fraction of sp³-hybridized carbons (Fsp3) is 0.364. The Morgan fingerprint density at radius 1 is 1.25 bits per heavy atom. The van der Waals surface area contributed by atoms with Crippen LogP contribution in [0.5, 0.6) is 0 Å². The number of carbonyl (C=O) groups is 1. The molecule has 0 spiro atoms. The number of carbonyl (C=O) groups excluding carboxylic acids is 1. The van der Waals surface area contributed by atoms with Crippen LogP contribution in [0.25, 0.3) is 0 Å². The highest BCUT2D eigenvalue weighted by molar-refractivity contribution is 5.84. The van der Waals surface area contributed by atoms with E-state index in [0.717, 1.165) is 12.1 Å². The third-order valence-electron chi connectivity index (χ3n) is 2.10. The van der Waals surface area contributed by atoms with Gasteiger partial charge in [0.2, 0.25) is 6.29 Å². The quantitative estimate of drug-likeness (QED) is 0.722. The molecule has 0 aliphatic heterocycles. The summed E-state index contributed by atoms with van der Waals surface area (Å²) in [6, 6.07) is 3.43. The summed E-state index contributed by atoms with van der Waals surface area (Å²) in [5.41, 5.74) is -0.272. The van der Waals surface area contributed by atoms with E-state index < -0.39 is 30.1 Å². The van der Waals surface area contributed by atoms with Crippen LogP contribution in [0, 0.1) is 11.6 Å². The summed E-state index contributed by atoms with van der Waals surface area (Å²) in [7, 11) is 2.56. The zero-order chi connectivity index (χ0) is 12.1. The van der Waals surface area contributed by atoms with Crippen LogP contribution in [0.4, 0.5) is 8.78 Å². The molecule has 1 rings (SSSR count). The zero-order valence-electron chi connectivity index (χ0n) is 9.00. The topological polar surface area (TPSA) is 35.5 Å². The van der Waals surface area contributed by atoms with Gasteiger partial charge >= 0.3 is 0 Å². The normalized spacial score (nSPS) is 10.8. The van der Waals surface area contributed by atoms with Crippen molar-refractivity contribution in [3.63, 3.8) is 0 Å². The number of ether oxygens (including phenoxy) is 2. The third kappa shape index (κ3) is 2.84. The molecular weight excluding hydrogens is 218 g/mol. The standard InChI is InChI=1S/C11H12F2O3/c1-15-11(16-2)10(14)6-7-8(12)4-3-5-9(7)13/h3-5,11H,6H2,1-2H3. The fourth-order valence-electron chi connectivity index (χ4n) is 1.32. The van der Waals surface area contributed by atoms with Gasteiger partial charge in [-0.05, 0) is 12.1 Å². The molecule has 88 valence electrons. The first kappa shape index (κ1) is 12.7. The van der Waals surface area contributed by atoms with Gasteiger partial charge in [-0.1, -0.05) is 6.07 Å². The minimum Gasteiger partial charge on any atom is -0.349 e. The molecule has 0 amide bonds. The Bertz CT molecular complexity index is 355. The number of methoxy groups -OCH3 is 2. The zero-order valence-corrected chi connectivity index (χ0v) is 9.00. The Morgan fingerprint density at radius 2 is 1.75 bits per heavy atom. The number of Topliss-reactive ketones (excluding diaryl/α,β-unsaturated/α-hetero) is 1. The third-order valence-corrected chi connectivity index (χ3v) is 2.10. The van der Waals surface area contributed by atoms with Gasteiger partial charge in [-0.3, -0.25) is 4.79 Å². The molecule has 0 bridgehead atoms. The summed E-state index contributed by atoms with van der Waals surface area (Å²) >= 11 is 0. The van der Waals surface area contributed by atoms with Crippen molar-refractivity contribution in [1.29, 1.82) is 0 Å². The summed E-state index contributed by atoms with van der Waals surface area (Å²) in [5.74, 6) is -2.03. The molecule has 0 radical (unpaired) electrons. The molecule has 0 saturated heterocycles. The summed E-state index contributed by atoms with van der Waals surface area (Å²) in [4.78, 5) is 11.5. The molecule has 0 aromatic heterocycles. The van der Waals surface area contributed by atoms with Gasteiger partial charge in [-0.25, -0.2) is 8.78 Å². The van der Waals surface area contributed by atoms with Crippen molar-refractivity contribution in [2.24, 2.45) is 0 Å². The molecule has 0 atom stereocenters. The Morgan fingerprint density at radius 3 is 2.19 bits per heavy atom. The lowest BCUT2D eigenvalue weighted by Gasteiger charge is -2.12. The lowest BCUT2D eigenvalue weighted by molar-refractivity contribution is -0.156. The molecule has 0 fully saturated rings. The predicted octanol–water partition coefficient (Wildman–Crippen LogP) is 1.70. The number of benzene rings is 1. The summed E-state index contributed by atoms with van der Waals surface area (Å²) < 4.78 is 35.8. The monoisotopic (exact) mass is 230 g/mol. The fourth-order valence-corrected chi connectivity index (χ4v) is 1.32. The van der Waals surface area contributed by atoms with Crippen LogP contribution >= 0.6 is 0 Å². The average molecular weight is 230 g/mol. The maximum atomic E-state index is 13.2. The minimum absolute atomic E-state index is 0.272. The maximum Gasteiger partial charge on any atom is 0.217 e. The van der Waals surface area contributed by atoms with Gasteiger partial charge in [0.05, 0.1) is 0 Å². The molecule has 0 aliphatic carbocycles. The largest absolute Gasteiger partial charge is 0.349 e. The van der Waals surface area contributed by atoms with Crippen LogP contribution in [-0.4, -0.2) is 26.3 Å². The SMILES string of the molecule is COC(OC)C(=O)Cc1c(F)cccc1F. The Labute approximate surface area is 92.0 Å². The number of hydrogen-bond donors (Lipinski definition) is 0. The van der Waals surface area contributed by atoms with Gasteiger partial charge in [0.15, 0.2) is 5.78 Å². The van der Waals surface area contributed by atoms with Gasteiger partial charge in [0.1, 0.15) is 11.6 Å². The molecule has 0 heterocycles. The van der Waals surface area contributed by atoms with E-state index >= 15 is 0 Å². The van der Waals surface area contributed by atoms with E-state index in [1.54, 1.807) is 0 Å². The Hall–Kier alpha value is -1.33. The molecule has 1 aromatic rings. The first-order valence-corrected chi connectivity index (χ1v) is 4.61. The molecule has 0 unspecified atom stereocenters. The van der Waals surface area contributed by atoms with Crippen molar-refractivity contribution < 1.29 is 23.0 Å². The molecule has 3 nitrogen and oxygen atoms in total. The van der Waals surface area contributed by atoms with Crippen LogP contribution in [0.2, 0.25) is 0 Å². The van der Waals surface area contributed by atoms with Gasteiger partial charge in [0.25, 0.3) is 0 Å². The van der Waals surface area contributed by atoms with E-state index in [0.29, 0.717) is 0 Å². The Kier molecular flexibility index (Phi) is 4.52. The Balaban J connectivity index is 2.84. The van der Waals surface area contributed by atoms with E-state index in [2.05, 4.69) is 0 Å². The van der Waals surface area contributed by atoms with Crippen LogP contribution in [-0.2, 0) is 20.7 Å². The summed E-state index contributed by atoms with van der Waals surface area (Å²) in [6.45, 7) is 0. The highest BCUT2D eigenvalue weighted by Crippen LogP contribution is 2.14. The van der Waals surface area contributed by atoms with E-state index in [-0.39, 0.29) is 5.56 Å². The second-order valence-corrected chi connectivity index (χ2v) is 3.15. The molecule has 0 aliphatic rings. The van der Waals surface area contributed by atoms with Crippen molar-refractivity contribution >= 4 is 5.78 Å². The maximum absolute atomic E-state index is 13.2. The average Bonchev–Trinajstić information content (AvgIpc) is 2.25. The van der Waals surface area contributed by atoms with E-state index in [1.807, 2.05) is 0 Å². The first-order chi connectivity index (χ1) is 7.60. The highest BCUT2D eigenvalue weighted by atomic mass is 19.1. The summed E-state index contributed by atoms with van der Waals surface area (Å²) in [6.07, 6.45) is -1.50. The second kappa shape index (κ2) is 5.67. The summed E-state index contributed by atoms with van der Waals surface area (Å²) in [5, 5.41) is 0. The number of hydrogen-bond acceptors (Lipinski definition) is 3. The smallest absolute Gasteiger partial charge is 0.217 e. The number of rotatable bonds is 5. The van der Waals surface area contributed by atoms with Crippen molar-refractivity contribution in [3.8, 4) is 0 Å². The van der Waals surface area contributed by atoms with Gasteiger partial charge in [0, 0.05) is 26.2 Å². The minimum atomic E-state index is -1.10. The number of ketones is 1. The van der Waals surface area contributed by atoms with Gasteiger partial charge in [-0.15, -0.1) is 0 Å². The lowest BCUT2D eigenvalue weighted by atomic mass is 10.1. The van der Waals surface area contributed by atoms with Crippen molar-refractivity contribution in [3.05, 3.63) is 35.4 Å². The molecular formula is C11H12F2O3. The van der Waals surface area contributed by atoms with E-state index in [4.69, 9.17) is 9.47 Å². The molecule has 5 heteroatoms. The van der Waals surface area contributed by atoms with Crippen LogP contribution in [0.15, 0.2) is 18.2 Å². The lowest BCUT2D eigenvalue weighted by Crippen LogP contribution is -2.27. The molecule has 1 aromatic carbocycles. The van der Waals surface area contributed by atoms with Gasteiger partial charge < -0.3 is 9.47 Å². The molecule has 0 saturated carbocycles. The van der Waals surface area contributed by atoms with Crippen LogP contribution in [0.3, 0.4) is 0 Å². The van der Waals surface area contributed by atoms with E-state index in [9.17, 15) is 13.6 Å². The first-order valence-electron chi connectivity index (χ1n) is 4.61. The molecule has 16 heavy (non-hydrogen) atoms. The van der Waals surface area contributed by atoms with Crippen LogP contribution in [0.1, 0.15) is 5.56 Å². The molecule has 0 N–H and O–H groups in total. The predicted molar refractivity (Wildman–Crippen MR) is 52.9 cm³/mol. The van der Waals surface area contributed by atoms with E-state index in [1.165, 1.54) is 20.3 Å². The number of halogens is 2. The van der Waals surface area contributed by atoms with Gasteiger partial charge in [-0.2, -0.15) is 0 Å².